The number of hydrazine groups is 1. The fraction of sp³-hybridized carbons (Fsp3) is 0.167. The normalized spacial score (nSPS) is 11.4. The van der Waals surface area contributed by atoms with E-state index in [4.69, 9.17) is 5.84 Å². The van der Waals surface area contributed by atoms with Crippen LogP contribution in [-0.4, -0.2) is 40.5 Å². The van der Waals surface area contributed by atoms with Crippen LogP contribution in [0.1, 0.15) is 15.9 Å². The van der Waals surface area contributed by atoms with E-state index in [9.17, 15) is 19.5 Å². The maximum Gasteiger partial charge on any atom is 0.326 e. The van der Waals surface area contributed by atoms with Gasteiger partial charge in [-0.25, -0.2) is 10.6 Å². The van der Waals surface area contributed by atoms with Crippen LogP contribution in [0.2, 0.25) is 0 Å². The summed E-state index contributed by atoms with van der Waals surface area (Å²) in [6, 6.07) is 16.1. The van der Waals surface area contributed by atoms with Crippen molar-refractivity contribution in [1.29, 1.82) is 0 Å². The van der Waals surface area contributed by atoms with Gasteiger partial charge >= 0.3 is 5.97 Å². The topological polar surface area (TPSA) is 113 Å². The Morgan fingerprint density at radius 3 is 2.12 bits per heavy atom. The molecule has 2 aromatic rings. The SMILES string of the molecule is NN(CC(=O)N[C@@H](Cc1ccccc1)C(=O)O)C(=O)c1ccccc1. The maximum atomic E-state index is 12.1. The predicted molar refractivity (Wildman–Crippen MR) is 91.4 cm³/mol. The summed E-state index contributed by atoms with van der Waals surface area (Å²) in [6.45, 7) is -0.438. The lowest BCUT2D eigenvalue weighted by Crippen LogP contribution is -2.49. The van der Waals surface area contributed by atoms with Gasteiger partial charge in [0, 0.05) is 12.0 Å². The standard InChI is InChI=1S/C18H19N3O4/c19-21(17(23)14-9-5-2-6-10-14)12-16(22)20-15(18(24)25)11-13-7-3-1-4-8-13/h1-10,15H,11-12,19H2,(H,20,22)(H,24,25)/t15-/m0/s1. The van der Waals surface area contributed by atoms with Gasteiger partial charge in [-0.05, 0) is 17.7 Å². The Labute approximate surface area is 145 Å². The summed E-state index contributed by atoms with van der Waals surface area (Å²) in [5.41, 5.74) is 1.12. The lowest BCUT2D eigenvalue weighted by atomic mass is 10.1. The van der Waals surface area contributed by atoms with Crippen molar-refractivity contribution < 1.29 is 19.5 Å². The van der Waals surface area contributed by atoms with E-state index in [0.717, 1.165) is 10.6 Å². The highest BCUT2D eigenvalue weighted by molar-refractivity contribution is 5.96. The summed E-state index contributed by atoms with van der Waals surface area (Å²) in [7, 11) is 0. The molecule has 25 heavy (non-hydrogen) atoms. The van der Waals surface area contributed by atoms with Crippen molar-refractivity contribution in [3.63, 3.8) is 0 Å². The fourth-order valence-corrected chi connectivity index (χ4v) is 2.26. The minimum Gasteiger partial charge on any atom is -0.480 e. The largest absolute Gasteiger partial charge is 0.480 e. The number of carboxylic acids is 1. The number of benzene rings is 2. The van der Waals surface area contributed by atoms with Gasteiger partial charge in [-0.15, -0.1) is 0 Å². The molecule has 0 aliphatic heterocycles. The van der Waals surface area contributed by atoms with Crippen LogP contribution in [0.4, 0.5) is 0 Å². The van der Waals surface area contributed by atoms with E-state index in [1.54, 1.807) is 54.6 Å². The van der Waals surface area contributed by atoms with E-state index in [-0.39, 0.29) is 6.42 Å². The Morgan fingerprint density at radius 1 is 1.00 bits per heavy atom. The number of nitrogens with one attached hydrogen (secondary N) is 1. The maximum absolute atomic E-state index is 12.1. The van der Waals surface area contributed by atoms with Gasteiger partial charge in [0.25, 0.3) is 5.91 Å². The van der Waals surface area contributed by atoms with Gasteiger partial charge in [-0.2, -0.15) is 0 Å². The van der Waals surface area contributed by atoms with Crippen LogP contribution < -0.4 is 11.2 Å². The van der Waals surface area contributed by atoms with Gasteiger partial charge in [0.2, 0.25) is 5.91 Å². The molecule has 0 spiro atoms. The van der Waals surface area contributed by atoms with E-state index in [1.165, 1.54) is 0 Å². The Bertz CT molecular complexity index is 735. The van der Waals surface area contributed by atoms with Crippen molar-refractivity contribution in [3.05, 3.63) is 71.8 Å². The molecule has 4 N–H and O–H groups in total. The molecule has 0 radical (unpaired) electrons. The summed E-state index contributed by atoms with van der Waals surface area (Å²) >= 11 is 0. The predicted octanol–water partition coefficient (Wildman–Crippen LogP) is 0.815. The van der Waals surface area contributed by atoms with Gasteiger partial charge in [-0.1, -0.05) is 48.5 Å². The Morgan fingerprint density at radius 2 is 1.56 bits per heavy atom. The summed E-state index contributed by atoms with van der Waals surface area (Å²) in [5, 5.41) is 12.4. The molecule has 1 atom stereocenters. The monoisotopic (exact) mass is 341 g/mol. The van der Waals surface area contributed by atoms with Crippen LogP contribution in [0.3, 0.4) is 0 Å². The molecule has 0 aliphatic carbocycles. The molecule has 0 heterocycles. The van der Waals surface area contributed by atoms with Crippen LogP contribution >= 0.6 is 0 Å². The Kier molecular flexibility index (Phi) is 6.25. The second-order valence-corrected chi connectivity index (χ2v) is 5.45. The first-order valence-corrected chi connectivity index (χ1v) is 7.65. The van der Waals surface area contributed by atoms with Crippen molar-refractivity contribution in [1.82, 2.24) is 10.3 Å². The lowest BCUT2D eigenvalue weighted by molar-refractivity contribution is -0.141. The number of carboxylic acid groups (broad SMARTS) is 1. The number of amides is 2. The molecule has 0 aliphatic rings. The van der Waals surface area contributed by atoms with Gasteiger partial charge in [0.1, 0.15) is 12.6 Å². The molecule has 2 rings (SSSR count). The first kappa shape index (κ1) is 18.2. The zero-order valence-electron chi connectivity index (χ0n) is 13.5. The second-order valence-electron chi connectivity index (χ2n) is 5.45. The first-order chi connectivity index (χ1) is 12.0. The minimum atomic E-state index is -1.16. The molecule has 0 saturated carbocycles. The van der Waals surface area contributed by atoms with Gasteiger partial charge in [-0.3, -0.25) is 14.6 Å². The molecule has 2 aromatic carbocycles. The summed E-state index contributed by atoms with van der Waals surface area (Å²) in [4.78, 5) is 35.5. The smallest absolute Gasteiger partial charge is 0.326 e. The number of hydrogen-bond donors (Lipinski definition) is 3. The molecular weight excluding hydrogens is 322 g/mol. The van der Waals surface area contributed by atoms with E-state index >= 15 is 0 Å². The van der Waals surface area contributed by atoms with E-state index in [2.05, 4.69) is 5.32 Å². The molecule has 0 aromatic heterocycles. The van der Waals surface area contributed by atoms with E-state index in [0.29, 0.717) is 5.56 Å². The second kappa shape index (κ2) is 8.60. The van der Waals surface area contributed by atoms with Crippen LogP contribution in [0.5, 0.6) is 0 Å². The highest BCUT2D eigenvalue weighted by Gasteiger charge is 2.22. The molecule has 2 amide bonds. The molecule has 0 saturated heterocycles. The molecule has 7 nitrogen and oxygen atoms in total. The molecular formula is C18H19N3O4. The van der Waals surface area contributed by atoms with Crippen LogP contribution in [0.15, 0.2) is 60.7 Å². The number of nitrogens with two attached hydrogens (primary N) is 1. The first-order valence-electron chi connectivity index (χ1n) is 7.65. The number of carbonyl (C=O) groups is 3. The molecule has 0 fully saturated rings. The van der Waals surface area contributed by atoms with Crippen molar-refractivity contribution in [3.8, 4) is 0 Å². The minimum absolute atomic E-state index is 0.138. The van der Waals surface area contributed by atoms with Crippen molar-refractivity contribution >= 4 is 17.8 Å². The molecule has 0 unspecified atom stereocenters. The highest BCUT2D eigenvalue weighted by Crippen LogP contribution is 2.04. The average molecular weight is 341 g/mol. The summed E-state index contributed by atoms with van der Waals surface area (Å²) < 4.78 is 0. The van der Waals surface area contributed by atoms with Gasteiger partial charge < -0.3 is 10.4 Å². The third kappa shape index (κ3) is 5.43. The van der Waals surface area contributed by atoms with Crippen molar-refractivity contribution in [2.45, 2.75) is 12.5 Å². The fourth-order valence-electron chi connectivity index (χ4n) is 2.26. The van der Waals surface area contributed by atoms with Crippen LogP contribution in [-0.2, 0) is 16.0 Å². The van der Waals surface area contributed by atoms with Crippen LogP contribution in [0, 0.1) is 0 Å². The third-order valence-corrected chi connectivity index (χ3v) is 3.51. The number of carbonyl (C=O) groups excluding carboxylic acids is 2. The van der Waals surface area contributed by atoms with Crippen molar-refractivity contribution in [2.75, 3.05) is 6.54 Å². The van der Waals surface area contributed by atoms with E-state index < -0.39 is 30.4 Å². The molecule has 0 bridgehead atoms. The van der Waals surface area contributed by atoms with Crippen molar-refractivity contribution in [2.24, 2.45) is 5.84 Å². The zero-order valence-corrected chi connectivity index (χ0v) is 13.5. The number of rotatable bonds is 7. The van der Waals surface area contributed by atoms with Gasteiger partial charge in [0.05, 0.1) is 0 Å². The highest BCUT2D eigenvalue weighted by atomic mass is 16.4. The Balaban J connectivity index is 1.94. The average Bonchev–Trinajstić information content (AvgIpc) is 2.62. The quantitative estimate of drug-likeness (QED) is 0.392. The Hall–Kier alpha value is -3.19. The van der Waals surface area contributed by atoms with Gasteiger partial charge in [0.15, 0.2) is 0 Å². The number of hydrogen-bond acceptors (Lipinski definition) is 4. The molecule has 7 heteroatoms. The summed E-state index contributed by atoms with van der Waals surface area (Å²) in [6.07, 6.45) is 0.138. The number of aliphatic carboxylic acids is 1. The summed E-state index contributed by atoms with van der Waals surface area (Å²) in [5.74, 6) is 3.31. The number of nitrogens with zero attached hydrogens (tertiary/aromatic N) is 1. The third-order valence-electron chi connectivity index (χ3n) is 3.51. The zero-order chi connectivity index (χ0) is 18.2. The van der Waals surface area contributed by atoms with Crippen LogP contribution in [0.25, 0.3) is 0 Å². The lowest BCUT2D eigenvalue weighted by Gasteiger charge is -2.19. The van der Waals surface area contributed by atoms with E-state index in [1.807, 2.05) is 6.07 Å². The molecule has 130 valence electrons.